The van der Waals surface area contributed by atoms with Crippen LogP contribution in [0.4, 0.5) is 17.7 Å². The van der Waals surface area contributed by atoms with Gasteiger partial charge in [-0.25, -0.2) is 0 Å². The normalized spacial score (nSPS) is 12.6. The van der Waals surface area contributed by atoms with Crippen molar-refractivity contribution >= 4 is 11.0 Å². The van der Waals surface area contributed by atoms with E-state index in [0.29, 0.717) is 0 Å². The second-order valence-electron chi connectivity index (χ2n) is 2.62. The predicted octanol–water partition coefficient (Wildman–Crippen LogP) is 2.72. The fourth-order valence-electron chi connectivity index (χ4n) is 1.09. The number of fused-ring (bicyclic) bond motifs is 1. The topological polar surface area (TPSA) is 20.7 Å². The first-order valence-corrected chi connectivity index (χ1v) is 3.42. The average molecular weight is 192 g/mol. The van der Waals surface area contributed by atoms with Crippen LogP contribution in [0.25, 0.3) is 11.0 Å². The molecule has 0 saturated carbocycles. The molecule has 0 bridgehead atoms. The Bertz CT molecular complexity index is 437. The number of hydrogen-bond donors (Lipinski definition) is 1. The zero-order valence-corrected chi connectivity index (χ0v) is 6.19. The van der Waals surface area contributed by atoms with Crippen LogP contribution in [0.2, 0.25) is 0 Å². The zero-order valence-electron chi connectivity index (χ0n) is 6.19. The standard InChI is InChI=1S/C7H4F4N2/c8-7(9,10)4-1-2-6-5(3-4)12-13(6)11/h1-3,12H. The Morgan fingerprint density at radius 1 is 1.23 bits per heavy atom. The van der Waals surface area contributed by atoms with E-state index in [-0.39, 0.29) is 15.9 Å². The summed E-state index contributed by atoms with van der Waals surface area (Å²) in [6.45, 7) is 0. The summed E-state index contributed by atoms with van der Waals surface area (Å²) < 4.78 is 48.6. The van der Waals surface area contributed by atoms with Crippen molar-refractivity contribution in [3.8, 4) is 0 Å². The Kier molecular flexibility index (Phi) is 1.43. The molecule has 2 aromatic rings. The van der Waals surface area contributed by atoms with Gasteiger partial charge in [0, 0.05) is 0 Å². The Hall–Kier alpha value is -1.46. The molecule has 0 aliphatic carbocycles. The molecule has 0 radical (unpaired) electrons. The monoisotopic (exact) mass is 192 g/mol. The summed E-state index contributed by atoms with van der Waals surface area (Å²) in [7, 11) is 0. The number of nitrogens with one attached hydrogen (secondary N) is 1. The van der Waals surface area contributed by atoms with Crippen LogP contribution in [-0.4, -0.2) is 10.0 Å². The lowest BCUT2D eigenvalue weighted by Gasteiger charge is -2.11. The summed E-state index contributed by atoms with van der Waals surface area (Å²) in [4.78, 5) is 0.162. The van der Waals surface area contributed by atoms with Crippen LogP contribution in [0.1, 0.15) is 5.56 Å². The van der Waals surface area contributed by atoms with Gasteiger partial charge < -0.3 is 0 Å². The third-order valence-electron chi connectivity index (χ3n) is 1.75. The van der Waals surface area contributed by atoms with Crippen LogP contribution in [-0.2, 0) is 6.18 Å². The molecule has 1 aromatic heterocycles. The largest absolute Gasteiger partial charge is 0.416 e. The first-order chi connectivity index (χ1) is 5.98. The number of nitrogens with zero attached hydrogens (tertiary/aromatic N) is 1. The maximum atomic E-state index is 12.4. The second kappa shape index (κ2) is 2.27. The highest BCUT2D eigenvalue weighted by molar-refractivity contribution is 5.77. The van der Waals surface area contributed by atoms with Crippen molar-refractivity contribution in [1.82, 2.24) is 10.0 Å². The number of H-pyrrole nitrogens is 1. The average Bonchev–Trinajstić information content (AvgIpc) is 2.00. The van der Waals surface area contributed by atoms with Crippen molar-refractivity contribution in [2.45, 2.75) is 6.18 Å². The summed E-state index contributed by atoms with van der Waals surface area (Å²) >= 11 is 0. The van der Waals surface area contributed by atoms with Gasteiger partial charge in [-0.3, -0.25) is 5.10 Å². The lowest BCUT2D eigenvalue weighted by Crippen LogP contribution is -2.08. The molecule has 0 unspecified atom stereocenters. The molecule has 1 aromatic carbocycles. The van der Waals surface area contributed by atoms with E-state index in [0.717, 1.165) is 18.2 Å². The van der Waals surface area contributed by atoms with Gasteiger partial charge in [0.25, 0.3) is 0 Å². The Labute approximate surface area is 69.7 Å². The maximum absolute atomic E-state index is 12.4. The predicted molar refractivity (Wildman–Crippen MR) is 37.8 cm³/mol. The third kappa shape index (κ3) is 1.18. The van der Waals surface area contributed by atoms with Gasteiger partial charge in [0.2, 0.25) is 0 Å². The molecular formula is C7H4F4N2. The molecule has 1 N–H and O–H groups in total. The number of aromatic amines is 1. The van der Waals surface area contributed by atoms with E-state index in [4.69, 9.17) is 0 Å². The number of aromatic nitrogens is 2. The summed E-state index contributed by atoms with van der Waals surface area (Å²) in [6, 6.07) is 2.78. The highest BCUT2D eigenvalue weighted by Crippen LogP contribution is 2.31. The summed E-state index contributed by atoms with van der Waals surface area (Å²) in [6.07, 6.45) is -4.38. The van der Waals surface area contributed by atoms with E-state index in [1.165, 1.54) is 0 Å². The van der Waals surface area contributed by atoms with Gasteiger partial charge in [0.1, 0.15) is 5.52 Å². The third-order valence-corrected chi connectivity index (χ3v) is 1.75. The van der Waals surface area contributed by atoms with Crippen LogP contribution < -0.4 is 0 Å². The molecule has 0 atom stereocenters. The molecule has 0 saturated heterocycles. The number of benzene rings is 1. The van der Waals surface area contributed by atoms with E-state index < -0.39 is 11.7 Å². The maximum Gasteiger partial charge on any atom is 0.416 e. The lowest BCUT2D eigenvalue weighted by molar-refractivity contribution is -0.137. The lowest BCUT2D eigenvalue weighted by atomic mass is 10.2. The van der Waals surface area contributed by atoms with E-state index in [2.05, 4.69) is 5.10 Å². The van der Waals surface area contributed by atoms with Crippen molar-refractivity contribution in [2.75, 3.05) is 0 Å². The summed E-state index contributed by atoms with van der Waals surface area (Å²) in [5.41, 5.74) is -0.517. The minimum Gasteiger partial charge on any atom is -0.268 e. The van der Waals surface area contributed by atoms with E-state index in [1.807, 2.05) is 0 Å². The molecule has 0 spiro atoms. The molecule has 13 heavy (non-hydrogen) atoms. The van der Waals surface area contributed by atoms with E-state index in [1.54, 1.807) is 0 Å². The van der Waals surface area contributed by atoms with Gasteiger partial charge in [0.15, 0.2) is 0 Å². The highest BCUT2D eigenvalue weighted by Gasteiger charge is 2.31. The fraction of sp³-hybridized carbons (Fsp3) is 0.143. The zero-order chi connectivity index (χ0) is 9.64. The van der Waals surface area contributed by atoms with Crippen molar-refractivity contribution < 1.29 is 17.7 Å². The van der Waals surface area contributed by atoms with Gasteiger partial charge in [-0.2, -0.15) is 13.2 Å². The minimum atomic E-state index is -4.38. The number of halogens is 4. The minimum absolute atomic E-state index is 0.119. The van der Waals surface area contributed by atoms with Crippen LogP contribution >= 0.6 is 0 Å². The molecule has 0 amide bonds. The number of alkyl halides is 3. The Balaban J connectivity index is 2.52. The van der Waals surface area contributed by atoms with Gasteiger partial charge in [-0.05, 0) is 18.2 Å². The Morgan fingerprint density at radius 2 is 1.92 bits per heavy atom. The number of rotatable bonds is 0. The van der Waals surface area contributed by atoms with Gasteiger partial charge >= 0.3 is 6.18 Å². The van der Waals surface area contributed by atoms with Crippen LogP contribution in [0.5, 0.6) is 0 Å². The summed E-state index contributed by atoms with van der Waals surface area (Å²) in [5, 5.41) is 2.07. The molecular weight excluding hydrogens is 188 g/mol. The fourth-order valence-corrected chi connectivity index (χ4v) is 1.09. The second-order valence-corrected chi connectivity index (χ2v) is 2.62. The molecule has 0 fully saturated rings. The molecule has 70 valence electrons. The molecule has 0 aliphatic rings. The van der Waals surface area contributed by atoms with Crippen molar-refractivity contribution in [3.63, 3.8) is 0 Å². The summed E-state index contributed by atoms with van der Waals surface area (Å²) in [5.74, 6) is 0. The first-order valence-electron chi connectivity index (χ1n) is 3.42. The van der Waals surface area contributed by atoms with E-state index >= 15 is 0 Å². The van der Waals surface area contributed by atoms with Crippen LogP contribution in [0.15, 0.2) is 18.2 Å². The smallest absolute Gasteiger partial charge is 0.268 e. The molecule has 2 rings (SSSR count). The first kappa shape index (κ1) is 8.15. The molecule has 6 heteroatoms. The SMILES string of the molecule is Fn1[nH]c2cc(C(F)(F)F)ccc21. The molecule has 2 nitrogen and oxygen atoms in total. The van der Waals surface area contributed by atoms with Gasteiger partial charge in [0.05, 0.1) is 11.1 Å². The van der Waals surface area contributed by atoms with Crippen molar-refractivity contribution in [1.29, 1.82) is 0 Å². The Morgan fingerprint density at radius 3 is 2.38 bits per heavy atom. The quantitative estimate of drug-likeness (QED) is 0.619. The number of hydrogen-bond acceptors (Lipinski definition) is 0. The van der Waals surface area contributed by atoms with Crippen LogP contribution in [0, 0.1) is 0 Å². The van der Waals surface area contributed by atoms with Crippen molar-refractivity contribution in [2.24, 2.45) is 0 Å². The van der Waals surface area contributed by atoms with Gasteiger partial charge in [-0.15, -0.1) is 4.90 Å². The molecule has 0 aliphatic heterocycles. The van der Waals surface area contributed by atoms with E-state index in [9.17, 15) is 17.7 Å². The molecule has 1 heterocycles. The van der Waals surface area contributed by atoms with Crippen molar-refractivity contribution in [3.05, 3.63) is 23.8 Å². The van der Waals surface area contributed by atoms with Crippen LogP contribution in [0.3, 0.4) is 0 Å². The highest BCUT2D eigenvalue weighted by atomic mass is 19.4. The van der Waals surface area contributed by atoms with Gasteiger partial charge in [-0.1, -0.05) is 4.48 Å².